The van der Waals surface area contributed by atoms with Gasteiger partial charge in [0, 0.05) is 31.7 Å². The summed E-state index contributed by atoms with van der Waals surface area (Å²) in [6.45, 7) is 2.24. The van der Waals surface area contributed by atoms with Crippen LogP contribution < -0.4 is 10.5 Å². The third-order valence-corrected chi connectivity index (χ3v) is 4.51. The zero-order valence-electron chi connectivity index (χ0n) is 13.6. The molecular formula is C16H20N4O3S. The molecule has 1 heterocycles. The molecule has 0 bridgehead atoms. The van der Waals surface area contributed by atoms with Gasteiger partial charge in [0.15, 0.2) is 0 Å². The predicted octanol–water partition coefficient (Wildman–Crippen LogP) is 1.96. The normalized spacial score (nSPS) is 11.1. The number of carbonyl (C=O) groups is 1. The Labute approximate surface area is 141 Å². The molecule has 0 radical (unpaired) electrons. The fourth-order valence-electron chi connectivity index (χ4n) is 2.24. The van der Waals surface area contributed by atoms with Crippen LogP contribution in [0.3, 0.4) is 0 Å². The van der Waals surface area contributed by atoms with E-state index >= 15 is 0 Å². The third-order valence-electron chi connectivity index (χ3n) is 3.52. The number of sulfonamides is 1. The highest BCUT2D eigenvalue weighted by molar-refractivity contribution is 7.89. The van der Waals surface area contributed by atoms with Crippen molar-refractivity contribution < 1.29 is 13.2 Å². The Hall–Kier alpha value is -2.45. The Kier molecular flexibility index (Phi) is 5.53. The number of anilines is 1. The molecule has 1 aromatic carbocycles. The van der Waals surface area contributed by atoms with E-state index in [9.17, 15) is 13.2 Å². The molecule has 2 rings (SSSR count). The number of rotatable bonds is 5. The minimum absolute atomic E-state index is 0.0274. The van der Waals surface area contributed by atoms with Crippen LogP contribution in [-0.2, 0) is 23.0 Å². The number of primary sulfonamides is 1. The zero-order valence-corrected chi connectivity index (χ0v) is 14.4. The first-order valence-corrected chi connectivity index (χ1v) is 8.92. The van der Waals surface area contributed by atoms with Crippen molar-refractivity contribution >= 4 is 21.7 Å². The van der Waals surface area contributed by atoms with Gasteiger partial charge in [0.1, 0.15) is 0 Å². The summed E-state index contributed by atoms with van der Waals surface area (Å²) in [4.78, 5) is 17.7. The SMILES string of the molecule is CCc1ccc(NC(=O)N(C)Cc2ccncc2)cc1S(N)(=O)=O. The maximum Gasteiger partial charge on any atom is 0.321 e. The molecule has 0 aliphatic rings. The molecule has 0 aliphatic carbocycles. The summed E-state index contributed by atoms with van der Waals surface area (Å²) in [5, 5.41) is 7.92. The highest BCUT2D eigenvalue weighted by Gasteiger charge is 2.15. The first-order valence-electron chi connectivity index (χ1n) is 7.38. The number of hydrogen-bond donors (Lipinski definition) is 2. The second-order valence-electron chi connectivity index (χ2n) is 5.36. The average molecular weight is 348 g/mol. The second kappa shape index (κ2) is 7.41. The lowest BCUT2D eigenvalue weighted by Gasteiger charge is -2.18. The lowest BCUT2D eigenvalue weighted by Crippen LogP contribution is -2.31. The van der Waals surface area contributed by atoms with Crippen molar-refractivity contribution in [3.05, 3.63) is 53.9 Å². The van der Waals surface area contributed by atoms with Gasteiger partial charge in [-0.15, -0.1) is 0 Å². The highest BCUT2D eigenvalue weighted by Crippen LogP contribution is 2.20. The van der Waals surface area contributed by atoms with E-state index in [4.69, 9.17) is 5.14 Å². The number of aryl methyl sites for hydroxylation is 1. The van der Waals surface area contributed by atoms with E-state index in [1.54, 1.807) is 31.6 Å². The molecule has 3 N–H and O–H groups in total. The van der Waals surface area contributed by atoms with Gasteiger partial charge in [0.05, 0.1) is 4.90 Å². The van der Waals surface area contributed by atoms with Gasteiger partial charge in [-0.25, -0.2) is 18.4 Å². The lowest BCUT2D eigenvalue weighted by molar-refractivity contribution is 0.220. The largest absolute Gasteiger partial charge is 0.323 e. The van der Waals surface area contributed by atoms with E-state index in [1.807, 2.05) is 19.1 Å². The number of nitrogens with zero attached hydrogens (tertiary/aromatic N) is 2. The fraction of sp³-hybridized carbons (Fsp3) is 0.250. The van der Waals surface area contributed by atoms with Crippen LogP contribution in [0.4, 0.5) is 10.5 Å². The summed E-state index contributed by atoms with van der Waals surface area (Å²) in [7, 11) is -2.19. The molecule has 24 heavy (non-hydrogen) atoms. The molecule has 0 fully saturated rings. The smallest absolute Gasteiger partial charge is 0.321 e. The molecule has 0 aliphatic heterocycles. The van der Waals surface area contributed by atoms with Crippen LogP contribution in [0.15, 0.2) is 47.6 Å². The summed E-state index contributed by atoms with van der Waals surface area (Å²) in [5.41, 5.74) is 1.93. The number of carbonyl (C=O) groups excluding carboxylic acids is 1. The van der Waals surface area contributed by atoms with Crippen molar-refractivity contribution in [2.24, 2.45) is 5.14 Å². The van der Waals surface area contributed by atoms with Gasteiger partial charge >= 0.3 is 6.03 Å². The molecule has 7 nitrogen and oxygen atoms in total. The Morgan fingerprint density at radius 1 is 1.25 bits per heavy atom. The summed E-state index contributed by atoms with van der Waals surface area (Å²) in [5.74, 6) is 0. The Morgan fingerprint density at radius 2 is 1.92 bits per heavy atom. The number of benzene rings is 1. The van der Waals surface area contributed by atoms with Gasteiger partial charge in [0.2, 0.25) is 10.0 Å². The molecule has 2 amide bonds. The van der Waals surface area contributed by atoms with Crippen LogP contribution >= 0.6 is 0 Å². The van der Waals surface area contributed by atoms with Crippen molar-refractivity contribution in [1.82, 2.24) is 9.88 Å². The molecule has 128 valence electrons. The number of pyridine rings is 1. The lowest BCUT2D eigenvalue weighted by atomic mass is 10.1. The van der Waals surface area contributed by atoms with Crippen molar-refractivity contribution in [2.45, 2.75) is 24.8 Å². The molecule has 1 aromatic heterocycles. The van der Waals surface area contributed by atoms with Crippen LogP contribution in [-0.4, -0.2) is 31.4 Å². The standard InChI is InChI=1S/C16H20N4O3S/c1-3-13-4-5-14(10-15(13)24(17,22)23)19-16(21)20(2)11-12-6-8-18-9-7-12/h4-10H,3,11H2,1-2H3,(H,19,21)(H2,17,22,23). The Bertz CT molecular complexity index is 822. The molecule has 0 unspecified atom stereocenters. The van der Waals surface area contributed by atoms with E-state index in [2.05, 4.69) is 10.3 Å². The van der Waals surface area contributed by atoms with Gasteiger partial charge in [-0.1, -0.05) is 13.0 Å². The number of aromatic nitrogens is 1. The predicted molar refractivity (Wildman–Crippen MR) is 91.9 cm³/mol. The minimum atomic E-state index is -3.84. The van der Waals surface area contributed by atoms with Gasteiger partial charge in [-0.2, -0.15) is 0 Å². The van der Waals surface area contributed by atoms with Crippen LogP contribution in [0.1, 0.15) is 18.1 Å². The number of amides is 2. The first kappa shape index (κ1) is 17.9. The molecule has 0 spiro atoms. The van der Waals surface area contributed by atoms with Gasteiger partial charge in [-0.3, -0.25) is 4.98 Å². The minimum Gasteiger partial charge on any atom is -0.323 e. The highest BCUT2D eigenvalue weighted by atomic mass is 32.2. The molecular weight excluding hydrogens is 328 g/mol. The Balaban J connectivity index is 2.14. The van der Waals surface area contributed by atoms with E-state index in [-0.39, 0.29) is 10.9 Å². The monoisotopic (exact) mass is 348 g/mol. The number of urea groups is 1. The van der Waals surface area contributed by atoms with E-state index < -0.39 is 10.0 Å². The molecule has 0 saturated heterocycles. The van der Waals surface area contributed by atoms with Crippen molar-refractivity contribution in [3.8, 4) is 0 Å². The van der Waals surface area contributed by atoms with E-state index in [1.165, 1.54) is 11.0 Å². The molecule has 2 aromatic rings. The molecule has 8 heteroatoms. The van der Waals surface area contributed by atoms with Crippen LogP contribution in [0.5, 0.6) is 0 Å². The van der Waals surface area contributed by atoms with Crippen molar-refractivity contribution in [1.29, 1.82) is 0 Å². The second-order valence-corrected chi connectivity index (χ2v) is 6.89. The average Bonchev–Trinajstić information content (AvgIpc) is 2.55. The number of hydrogen-bond acceptors (Lipinski definition) is 4. The fourth-order valence-corrected chi connectivity index (χ4v) is 3.11. The summed E-state index contributed by atoms with van der Waals surface area (Å²) in [6.07, 6.45) is 3.84. The summed E-state index contributed by atoms with van der Waals surface area (Å²) in [6, 6.07) is 7.98. The van der Waals surface area contributed by atoms with Gasteiger partial charge in [0.25, 0.3) is 0 Å². The topological polar surface area (TPSA) is 105 Å². The van der Waals surface area contributed by atoms with E-state index in [0.29, 0.717) is 24.2 Å². The zero-order chi connectivity index (χ0) is 17.7. The maximum absolute atomic E-state index is 12.3. The van der Waals surface area contributed by atoms with Gasteiger partial charge in [-0.05, 0) is 41.8 Å². The van der Waals surface area contributed by atoms with Crippen LogP contribution in [0.2, 0.25) is 0 Å². The van der Waals surface area contributed by atoms with E-state index in [0.717, 1.165) is 5.56 Å². The van der Waals surface area contributed by atoms with Crippen LogP contribution in [0.25, 0.3) is 0 Å². The maximum atomic E-state index is 12.3. The summed E-state index contributed by atoms with van der Waals surface area (Å²) >= 11 is 0. The third kappa shape index (κ3) is 4.53. The van der Waals surface area contributed by atoms with Crippen LogP contribution in [0, 0.1) is 0 Å². The molecule has 0 saturated carbocycles. The quantitative estimate of drug-likeness (QED) is 0.861. The van der Waals surface area contributed by atoms with Crippen molar-refractivity contribution in [3.63, 3.8) is 0 Å². The number of nitrogens with one attached hydrogen (secondary N) is 1. The van der Waals surface area contributed by atoms with Gasteiger partial charge < -0.3 is 10.2 Å². The summed E-state index contributed by atoms with van der Waals surface area (Å²) < 4.78 is 23.3. The first-order chi connectivity index (χ1) is 11.3. The van der Waals surface area contributed by atoms with Crippen molar-refractivity contribution in [2.75, 3.05) is 12.4 Å². The molecule has 0 atom stereocenters. The Morgan fingerprint density at radius 3 is 2.50 bits per heavy atom. The number of nitrogens with two attached hydrogens (primary N) is 1.